The zero-order valence-electron chi connectivity index (χ0n) is 9.94. The quantitative estimate of drug-likeness (QED) is 0.734. The lowest BCUT2D eigenvalue weighted by Gasteiger charge is -2.34. The largest absolute Gasteiger partial charge is 0.468 e. The first kappa shape index (κ1) is 11.8. The molecule has 0 aliphatic heterocycles. The molecule has 1 saturated carbocycles. The van der Waals surface area contributed by atoms with E-state index in [1.54, 1.807) is 0 Å². The summed E-state index contributed by atoms with van der Waals surface area (Å²) in [6.45, 7) is 0. The Hall–Kier alpha value is -1.64. The fraction of sp³-hybridized carbons (Fsp3) is 0.429. The number of carbonyl (C=O) groups excluding carboxylic acids is 2. The highest BCUT2D eigenvalue weighted by molar-refractivity contribution is 5.92. The van der Waals surface area contributed by atoms with Crippen LogP contribution < -0.4 is 0 Å². The maximum Gasteiger partial charge on any atom is 0.316 e. The highest BCUT2D eigenvalue weighted by Gasteiger charge is 2.44. The van der Waals surface area contributed by atoms with E-state index in [2.05, 4.69) is 0 Å². The van der Waals surface area contributed by atoms with E-state index < -0.39 is 5.41 Å². The Morgan fingerprint density at radius 1 is 1.29 bits per heavy atom. The van der Waals surface area contributed by atoms with E-state index in [9.17, 15) is 9.59 Å². The molecule has 0 aromatic heterocycles. The Morgan fingerprint density at radius 2 is 2.00 bits per heavy atom. The molecule has 1 aliphatic carbocycles. The van der Waals surface area contributed by atoms with Crippen LogP contribution in [0.15, 0.2) is 30.3 Å². The van der Waals surface area contributed by atoms with E-state index in [-0.39, 0.29) is 18.2 Å². The minimum absolute atomic E-state index is 0.144. The molecule has 0 heterocycles. The van der Waals surface area contributed by atoms with E-state index in [0.717, 1.165) is 12.0 Å². The second kappa shape index (κ2) is 4.70. The van der Waals surface area contributed by atoms with Crippen LogP contribution in [0.1, 0.15) is 31.2 Å². The zero-order valence-corrected chi connectivity index (χ0v) is 9.94. The van der Waals surface area contributed by atoms with Crippen molar-refractivity contribution in [3.63, 3.8) is 0 Å². The molecule has 0 radical (unpaired) electrons. The molecule has 0 amide bonds. The van der Waals surface area contributed by atoms with Gasteiger partial charge in [-0.2, -0.15) is 0 Å². The van der Waals surface area contributed by atoms with Gasteiger partial charge in [0.05, 0.1) is 12.5 Å². The van der Waals surface area contributed by atoms with Gasteiger partial charge in [0, 0.05) is 12.8 Å². The number of Topliss-reactive ketones (excluding diaryl/α,β-unsaturated/α-hetero) is 1. The van der Waals surface area contributed by atoms with Crippen molar-refractivity contribution >= 4 is 11.8 Å². The molecule has 2 rings (SSSR count). The van der Waals surface area contributed by atoms with Crippen molar-refractivity contribution in [1.82, 2.24) is 0 Å². The Kier molecular flexibility index (Phi) is 3.27. The first-order valence-corrected chi connectivity index (χ1v) is 5.85. The number of esters is 1. The van der Waals surface area contributed by atoms with Gasteiger partial charge < -0.3 is 4.74 Å². The zero-order chi connectivity index (χ0) is 12.3. The second-order valence-electron chi connectivity index (χ2n) is 4.51. The van der Waals surface area contributed by atoms with Crippen LogP contribution in [0, 0.1) is 0 Å². The molecule has 3 nitrogen and oxygen atoms in total. The molecule has 90 valence electrons. The Morgan fingerprint density at radius 3 is 2.59 bits per heavy atom. The monoisotopic (exact) mass is 232 g/mol. The number of hydrogen-bond acceptors (Lipinski definition) is 3. The first-order chi connectivity index (χ1) is 8.19. The average molecular weight is 232 g/mol. The van der Waals surface area contributed by atoms with Gasteiger partial charge in [-0.05, 0) is 18.4 Å². The van der Waals surface area contributed by atoms with Crippen LogP contribution in [0.4, 0.5) is 0 Å². The van der Waals surface area contributed by atoms with E-state index in [1.807, 2.05) is 30.3 Å². The summed E-state index contributed by atoms with van der Waals surface area (Å²) in [5, 5.41) is 0. The Labute approximate surface area is 101 Å². The van der Waals surface area contributed by atoms with E-state index in [1.165, 1.54) is 7.11 Å². The third kappa shape index (κ3) is 2.09. The third-order valence-corrected chi connectivity index (χ3v) is 3.46. The summed E-state index contributed by atoms with van der Waals surface area (Å²) >= 11 is 0. The molecule has 1 atom stereocenters. The lowest BCUT2D eigenvalue weighted by Crippen LogP contribution is -2.41. The summed E-state index contributed by atoms with van der Waals surface area (Å²) in [6, 6.07) is 9.47. The molecule has 3 heteroatoms. The summed E-state index contributed by atoms with van der Waals surface area (Å²) in [6.07, 6.45) is 2.29. The van der Waals surface area contributed by atoms with Gasteiger partial charge in [0.1, 0.15) is 5.78 Å². The first-order valence-electron chi connectivity index (χ1n) is 5.85. The van der Waals surface area contributed by atoms with Gasteiger partial charge in [-0.15, -0.1) is 0 Å². The molecule has 0 saturated heterocycles. The van der Waals surface area contributed by atoms with Crippen molar-refractivity contribution in [3.05, 3.63) is 35.9 Å². The standard InChI is InChI=1S/C14H16O3/c1-17-13(16)14(9-5-8-12(15)10-14)11-6-3-2-4-7-11/h2-4,6-7H,5,8-10H2,1H3/t14-/m0/s1. The number of ether oxygens (including phenoxy) is 1. The minimum Gasteiger partial charge on any atom is -0.468 e. The van der Waals surface area contributed by atoms with Crippen molar-refractivity contribution < 1.29 is 14.3 Å². The normalized spacial score (nSPS) is 24.4. The van der Waals surface area contributed by atoms with E-state index >= 15 is 0 Å². The smallest absolute Gasteiger partial charge is 0.316 e. The molecule has 1 aromatic rings. The van der Waals surface area contributed by atoms with Crippen LogP contribution in [0.3, 0.4) is 0 Å². The Bertz CT molecular complexity index is 424. The molecule has 1 aromatic carbocycles. The predicted octanol–water partition coefficient (Wildman–Crippen LogP) is 2.24. The molecular weight excluding hydrogens is 216 g/mol. The van der Waals surface area contributed by atoms with Gasteiger partial charge in [-0.3, -0.25) is 9.59 Å². The van der Waals surface area contributed by atoms with Gasteiger partial charge >= 0.3 is 5.97 Å². The van der Waals surface area contributed by atoms with Crippen LogP contribution in [0.5, 0.6) is 0 Å². The molecular formula is C14H16O3. The summed E-state index contributed by atoms with van der Waals surface area (Å²) in [5.41, 5.74) is 0.130. The molecule has 17 heavy (non-hydrogen) atoms. The van der Waals surface area contributed by atoms with E-state index in [4.69, 9.17) is 4.74 Å². The number of methoxy groups -OCH3 is 1. The van der Waals surface area contributed by atoms with Gasteiger partial charge in [0.25, 0.3) is 0 Å². The number of benzene rings is 1. The van der Waals surface area contributed by atoms with E-state index in [0.29, 0.717) is 12.8 Å². The highest BCUT2D eigenvalue weighted by Crippen LogP contribution is 2.38. The van der Waals surface area contributed by atoms with Crippen LogP contribution in [0.25, 0.3) is 0 Å². The van der Waals surface area contributed by atoms with Crippen molar-refractivity contribution in [3.8, 4) is 0 Å². The third-order valence-electron chi connectivity index (χ3n) is 3.46. The SMILES string of the molecule is COC(=O)[C@@]1(c2ccccc2)CCCC(=O)C1. The van der Waals surface area contributed by atoms with Gasteiger partial charge in [-0.25, -0.2) is 0 Å². The lowest BCUT2D eigenvalue weighted by atomic mass is 9.69. The lowest BCUT2D eigenvalue weighted by molar-refractivity contribution is -0.151. The minimum atomic E-state index is -0.759. The van der Waals surface area contributed by atoms with Crippen LogP contribution >= 0.6 is 0 Å². The van der Waals surface area contributed by atoms with Gasteiger partial charge in [-0.1, -0.05) is 30.3 Å². The number of rotatable bonds is 2. The summed E-state index contributed by atoms with van der Waals surface area (Å²) in [7, 11) is 1.38. The van der Waals surface area contributed by atoms with Crippen molar-refractivity contribution in [1.29, 1.82) is 0 Å². The fourth-order valence-corrected chi connectivity index (χ4v) is 2.59. The van der Waals surface area contributed by atoms with Crippen molar-refractivity contribution in [2.24, 2.45) is 0 Å². The summed E-state index contributed by atoms with van der Waals surface area (Å²) in [5.74, 6) is -0.151. The van der Waals surface area contributed by atoms with Crippen molar-refractivity contribution in [2.45, 2.75) is 31.1 Å². The number of carbonyl (C=O) groups is 2. The molecule has 0 spiro atoms. The molecule has 0 unspecified atom stereocenters. The summed E-state index contributed by atoms with van der Waals surface area (Å²) in [4.78, 5) is 23.7. The maximum atomic E-state index is 12.1. The second-order valence-corrected chi connectivity index (χ2v) is 4.51. The average Bonchev–Trinajstić information content (AvgIpc) is 2.38. The molecule has 1 aliphatic rings. The topological polar surface area (TPSA) is 43.4 Å². The maximum absolute atomic E-state index is 12.1. The number of hydrogen-bond donors (Lipinski definition) is 0. The summed E-state index contributed by atoms with van der Waals surface area (Å²) < 4.78 is 4.90. The van der Waals surface area contributed by atoms with Gasteiger partial charge in [0.15, 0.2) is 0 Å². The van der Waals surface area contributed by atoms with Crippen LogP contribution in [0.2, 0.25) is 0 Å². The predicted molar refractivity (Wildman–Crippen MR) is 63.6 cm³/mol. The van der Waals surface area contributed by atoms with Gasteiger partial charge in [0.2, 0.25) is 0 Å². The van der Waals surface area contributed by atoms with Crippen LogP contribution in [-0.4, -0.2) is 18.9 Å². The highest BCUT2D eigenvalue weighted by atomic mass is 16.5. The van der Waals surface area contributed by atoms with Crippen LogP contribution in [-0.2, 0) is 19.7 Å². The fourth-order valence-electron chi connectivity index (χ4n) is 2.59. The molecule has 0 N–H and O–H groups in total. The molecule has 0 bridgehead atoms. The number of ketones is 1. The molecule has 1 fully saturated rings. The van der Waals surface area contributed by atoms with Crippen molar-refractivity contribution in [2.75, 3.05) is 7.11 Å². The Balaban J connectivity index is 2.43.